The molecule has 0 N–H and O–H groups in total. The molecule has 0 spiro atoms. The monoisotopic (exact) mass is 843 g/mol. The molecule has 66 heavy (non-hydrogen) atoms. The van der Waals surface area contributed by atoms with E-state index < -0.39 is 0 Å². The SMILES string of the molecule is CC1(C)c2ccccc2-c2ccc(N(c3ccc(-c4ccccc4)cc3)c3cc(-c4ccc5c6ccccc6c6ccccc6c5c4)cc4c3oc3ccc5oc6ccccc6c5c34)cc21. The number of hydrogen-bond acceptors (Lipinski definition) is 3. The summed E-state index contributed by atoms with van der Waals surface area (Å²) in [7, 11) is 0. The highest BCUT2D eigenvalue weighted by Gasteiger charge is 2.36. The van der Waals surface area contributed by atoms with E-state index in [0.29, 0.717) is 0 Å². The Balaban J connectivity index is 1.08. The second-order valence-corrected chi connectivity index (χ2v) is 18.4. The first kappa shape index (κ1) is 37.0. The van der Waals surface area contributed by atoms with Crippen LogP contribution in [0.4, 0.5) is 17.1 Å². The van der Waals surface area contributed by atoms with Gasteiger partial charge in [0, 0.05) is 38.3 Å². The molecule has 0 amide bonds. The zero-order chi connectivity index (χ0) is 43.7. The van der Waals surface area contributed by atoms with E-state index in [1.807, 2.05) is 6.07 Å². The van der Waals surface area contributed by atoms with Crippen molar-refractivity contribution in [1.82, 2.24) is 0 Å². The Morgan fingerprint density at radius 1 is 0.333 bits per heavy atom. The number of fused-ring (bicyclic) bond motifs is 16. The van der Waals surface area contributed by atoms with Gasteiger partial charge >= 0.3 is 0 Å². The molecule has 1 aliphatic carbocycles. The lowest BCUT2D eigenvalue weighted by Crippen LogP contribution is -2.16. The van der Waals surface area contributed by atoms with E-state index in [9.17, 15) is 0 Å². The molecule has 1 aliphatic rings. The van der Waals surface area contributed by atoms with Gasteiger partial charge in [0.15, 0.2) is 5.58 Å². The molecule has 2 aromatic heterocycles. The number of para-hydroxylation sites is 1. The molecule has 2 heterocycles. The van der Waals surface area contributed by atoms with Gasteiger partial charge in [-0.05, 0) is 137 Å². The van der Waals surface area contributed by atoms with Gasteiger partial charge in [0.2, 0.25) is 0 Å². The summed E-state index contributed by atoms with van der Waals surface area (Å²) >= 11 is 0. The fourth-order valence-corrected chi connectivity index (χ4v) is 11.3. The van der Waals surface area contributed by atoms with Crippen molar-refractivity contribution >= 4 is 93.3 Å². The Morgan fingerprint density at radius 3 is 1.64 bits per heavy atom. The van der Waals surface area contributed by atoms with E-state index in [1.54, 1.807) is 0 Å². The van der Waals surface area contributed by atoms with E-state index in [2.05, 4.69) is 225 Å². The fourth-order valence-electron chi connectivity index (χ4n) is 11.3. The quantitative estimate of drug-likeness (QED) is 0.162. The van der Waals surface area contributed by atoms with Crippen LogP contribution in [0.1, 0.15) is 25.0 Å². The average molecular weight is 844 g/mol. The number of anilines is 3. The van der Waals surface area contributed by atoms with Crippen LogP contribution in [-0.2, 0) is 5.41 Å². The maximum Gasteiger partial charge on any atom is 0.159 e. The number of nitrogens with zero attached hydrogens (tertiary/aromatic N) is 1. The summed E-state index contributed by atoms with van der Waals surface area (Å²) in [6.07, 6.45) is 0. The second kappa shape index (κ2) is 13.8. The Morgan fingerprint density at radius 2 is 0.879 bits per heavy atom. The van der Waals surface area contributed by atoms with Crippen molar-refractivity contribution in [2.45, 2.75) is 19.3 Å². The van der Waals surface area contributed by atoms with Crippen LogP contribution in [0.5, 0.6) is 0 Å². The van der Waals surface area contributed by atoms with Crippen LogP contribution in [0.25, 0.3) is 110 Å². The summed E-state index contributed by atoms with van der Waals surface area (Å²) in [6.45, 7) is 4.71. The molecule has 0 bridgehead atoms. The molecule has 0 radical (unpaired) electrons. The average Bonchev–Trinajstić information content (AvgIpc) is 4.02. The van der Waals surface area contributed by atoms with E-state index >= 15 is 0 Å². The third kappa shape index (κ3) is 5.31. The Bertz CT molecular complexity index is 4100. The zero-order valence-corrected chi connectivity index (χ0v) is 36.5. The van der Waals surface area contributed by atoms with Gasteiger partial charge in [-0.15, -0.1) is 0 Å². The van der Waals surface area contributed by atoms with Crippen LogP contribution in [0.2, 0.25) is 0 Å². The number of furan rings is 2. The first-order valence-corrected chi connectivity index (χ1v) is 22.8. The van der Waals surface area contributed by atoms with Crippen molar-refractivity contribution in [3.8, 4) is 33.4 Å². The topological polar surface area (TPSA) is 29.5 Å². The molecule has 0 fully saturated rings. The molecule has 13 aromatic rings. The summed E-state index contributed by atoms with van der Waals surface area (Å²) in [5, 5.41) is 11.8. The number of benzene rings is 11. The lowest BCUT2D eigenvalue weighted by molar-refractivity contribution is 0.660. The van der Waals surface area contributed by atoms with Gasteiger partial charge in [0.25, 0.3) is 0 Å². The fraction of sp³-hybridized carbons (Fsp3) is 0.0476. The van der Waals surface area contributed by atoms with E-state index in [1.165, 1.54) is 60.1 Å². The minimum Gasteiger partial charge on any atom is -0.456 e. The molecule has 0 saturated heterocycles. The first-order valence-electron chi connectivity index (χ1n) is 22.8. The predicted octanol–water partition coefficient (Wildman–Crippen LogP) is 18.1. The maximum absolute atomic E-state index is 7.19. The van der Waals surface area contributed by atoms with E-state index in [4.69, 9.17) is 8.83 Å². The second-order valence-electron chi connectivity index (χ2n) is 18.4. The van der Waals surface area contributed by atoms with E-state index in [0.717, 1.165) is 77.6 Å². The molecule has 310 valence electrons. The van der Waals surface area contributed by atoms with Crippen LogP contribution < -0.4 is 4.90 Å². The van der Waals surface area contributed by atoms with Gasteiger partial charge in [-0.1, -0.05) is 166 Å². The van der Waals surface area contributed by atoms with Gasteiger partial charge in [0.1, 0.15) is 16.7 Å². The summed E-state index contributed by atoms with van der Waals surface area (Å²) in [5.41, 5.74) is 16.1. The lowest BCUT2D eigenvalue weighted by Gasteiger charge is -2.28. The van der Waals surface area contributed by atoms with Crippen molar-refractivity contribution in [2.75, 3.05) is 4.90 Å². The number of hydrogen-bond donors (Lipinski definition) is 0. The number of rotatable bonds is 5. The third-order valence-electron chi connectivity index (χ3n) is 14.4. The normalized spacial score (nSPS) is 13.1. The minimum atomic E-state index is -0.187. The molecule has 0 aliphatic heterocycles. The highest BCUT2D eigenvalue weighted by molar-refractivity contribution is 6.28. The molecule has 0 unspecified atom stereocenters. The molecular formula is C63H41NO2. The third-order valence-corrected chi connectivity index (χ3v) is 14.4. The molecule has 14 rings (SSSR count). The van der Waals surface area contributed by atoms with Crippen molar-refractivity contribution in [2.24, 2.45) is 0 Å². The Hall–Kier alpha value is -8.40. The molecule has 3 heteroatoms. The van der Waals surface area contributed by atoms with Crippen LogP contribution in [0, 0.1) is 0 Å². The predicted molar refractivity (Wildman–Crippen MR) is 277 cm³/mol. The van der Waals surface area contributed by atoms with Crippen LogP contribution >= 0.6 is 0 Å². The summed E-state index contributed by atoms with van der Waals surface area (Å²) < 4.78 is 13.7. The van der Waals surface area contributed by atoms with Crippen LogP contribution in [0.15, 0.2) is 221 Å². The van der Waals surface area contributed by atoms with E-state index in [-0.39, 0.29) is 5.41 Å². The Kier molecular flexibility index (Phi) is 7.74. The van der Waals surface area contributed by atoms with Crippen molar-refractivity contribution in [3.63, 3.8) is 0 Å². The Labute approximate surface area is 381 Å². The zero-order valence-electron chi connectivity index (χ0n) is 36.5. The summed E-state index contributed by atoms with van der Waals surface area (Å²) in [5.74, 6) is 0. The van der Waals surface area contributed by atoms with Gasteiger partial charge in [-0.2, -0.15) is 0 Å². The standard InChI is InChI=1S/C63H41NO2/c1-63(2)54-22-12-10-20-49(54)50-31-29-43(37-55(50)63)64(42-27-24-39(25-28-42)38-14-4-3-5-15-38)56-36-41(35-53-61-59(66-62(53)56)33-32-58-60(61)51-21-11-13-23-57(51)65-58)40-26-30-48-46-18-7-6-16-44(46)45-17-8-9-19-47(45)52(48)34-40/h3-37H,1-2H3. The first-order chi connectivity index (χ1) is 32.5. The van der Waals surface area contributed by atoms with Gasteiger partial charge < -0.3 is 13.7 Å². The highest BCUT2D eigenvalue weighted by atomic mass is 16.3. The van der Waals surface area contributed by atoms with Crippen LogP contribution in [0.3, 0.4) is 0 Å². The molecule has 0 atom stereocenters. The van der Waals surface area contributed by atoms with Gasteiger partial charge in [-0.25, -0.2) is 0 Å². The maximum atomic E-state index is 7.19. The largest absolute Gasteiger partial charge is 0.456 e. The van der Waals surface area contributed by atoms with Crippen LogP contribution in [-0.4, -0.2) is 0 Å². The summed E-state index contributed by atoms with van der Waals surface area (Å²) in [4.78, 5) is 2.41. The van der Waals surface area contributed by atoms with Crippen molar-refractivity contribution in [3.05, 3.63) is 223 Å². The van der Waals surface area contributed by atoms with Crippen molar-refractivity contribution in [1.29, 1.82) is 0 Å². The molecule has 11 aromatic carbocycles. The smallest absolute Gasteiger partial charge is 0.159 e. The van der Waals surface area contributed by atoms with Gasteiger partial charge in [-0.3, -0.25) is 0 Å². The highest BCUT2D eigenvalue weighted by Crippen LogP contribution is 2.53. The molecule has 0 saturated carbocycles. The minimum absolute atomic E-state index is 0.187. The molecular weight excluding hydrogens is 803 g/mol. The van der Waals surface area contributed by atoms with Crippen molar-refractivity contribution < 1.29 is 8.83 Å². The molecule has 3 nitrogen and oxygen atoms in total. The van der Waals surface area contributed by atoms with Gasteiger partial charge in [0.05, 0.1) is 5.69 Å². The summed E-state index contributed by atoms with van der Waals surface area (Å²) in [6, 6.07) is 77.3. The lowest BCUT2D eigenvalue weighted by atomic mass is 9.82.